The van der Waals surface area contributed by atoms with E-state index in [1.54, 1.807) is 6.26 Å². The van der Waals surface area contributed by atoms with Crippen molar-refractivity contribution in [2.45, 2.75) is 25.4 Å². The summed E-state index contributed by atoms with van der Waals surface area (Å²) >= 11 is 0. The average Bonchev–Trinajstić information content (AvgIpc) is 3.23. The second-order valence-electron chi connectivity index (χ2n) is 7.15. The van der Waals surface area contributed by atoms with Crippen molar-refractivity contribution in [3.05, 3.63) is 71.8 Å². The topological polar surface area (TPSA) is 52.3 Å². The minimum Gasteiger partial charge on any atom is -0.468 e. The molecule has 3 heterocycles. The highest BCUT2D eigenvalue weighted by molar-refractivity contribution is 5.79. The molecule has 3 aromatic rings. The van der Waals surface area contributed by atoms with Gasteiger partial charge in [0.15, 0.2) is 0 Å². The van der Waals surface area contributed by atoms with Crippen molar-refractivity contribution < 1.29 is 13.9 Å². The van der Waals surface area contributed by atoms with E-state index in [2.05, 4.69) is 18.2 Å². The Morgan fingerprint density at radius 1 is 1.15 bits per heavy atom. The average molecular weight is 345 g/mol. The van der Waals surface area contributed by atoms with Crippen molar-refractivity contribution in [1.29, 1.82) is 0 Å². The van der Waals surface area contributed by atoms with Crippen LogP contribution in [0.15, 0.2) is 59.2 Å². The number of ether oxygens (including phenoxy) is 1. The Hall–Kier alpha value is -2.88. The van der Waals surface area contributed by atoms with E-state index in [-0.39, 0.29) is 29.8 Å². The van der Waals surface area contributed by atoms with Gasteiger partial charge >= 0.3 is 5.97 Å². The number of furan rings is 1. The van der Waals surface area contributed by atoms with Crippen LogP contribution in [0.5, 0.6) is 0 Å². The molecule has 1 unspecified atom stereocenters. The lowest BCUT2D eigenvalue weighted by Crippen LogP contribution is -2.31. The number of fused-ring (bicyclic) bond motifs is 3. The normalized spacial score (nSPS) is 27.5. The van der Waals surface area contributed by atoms with Gasteiger partial charge in [-0.05, 0) is 43.2 Å². The molecule has 0 spiro atoms. The molecule has 4 atom stereocenters. The maximum Gasteiger partial charge on any atom is 0.310 e. The van der Waals surface area contributed by atoms with Crippen molar-refractivity contribution in [3.8, 4) is 0 Å². The molecule has 0 N–H and O–H groups in total. The first-order chi connectivity index (χ1) is 12.7. The van der Waals surface area contributed by atoms with Gasteiger partial charge in [0.1, 0.15) is 11.9 Å². The van der Waals surface area contributed by atoms with Gasteiger partial charge in [0, 0.05) is 17.2 Å². The van der Waals surface area contributed by atoms with Gasteiger partial charge in [-0.3, -0.25) is 4.79 Å². The summed E-state index contributed by atoms with van der Waals surface area (Å²) in [6, 6.07) is 14.1. The summed E-state index contributed by atoms with van der Waals surface area (Å²) in [6.45, 7) is 1.98. The van der Waals surface area contributed by atoms with Crippen LogP contribution in [0.1, 0.15) is 29.9 Å². The van der Waals surface area contributed by atoms with Crippen LogP contribution in [0.2, 0.25) is 0 Å². The Morgan fingerprint density at radius 3 is 2.96 bits per heavy atom. The lowest BCUT2D eigenvalue weighted by molar-refractivity contribution is -0.143. The number of rotatable bonds is 2. The molecular formula is C22H19NO3. The van der Waals surface area contributed by atoms with Crippen LogP contribution in [0.4, 0.5) is 0 Å². The highest BCUT2D eigenvalue weighted by atomic mass is 16.6. The number of nitrogens with zero attached hydrogens (tertiary/aromatic N) is 1. The fourth-order valence-electron chi connectivity index (χ4n) is 4.41. The van der Waals surface area contributed by atoms with Gasteiger partial charge in [-0.25, -0.2) is 4.98 Å². The third-order valence-electron chi connectivity index (χ3n) is 5.64. The van der Waals surface area contributed by atoms with Crippen LogP contribution in [-0.4, -0.2) is 17.1 Å². The summed E-state index contributed by atoms with van der Waals surface area (Å²) in [5, 5.41) is 1.12. The lowest BCUT2D eigenvalue weighted by atomic mass is 9.71. The van der Waals surface area contributed by atoms with Gasteiger partial charge in [0.2, 0.25) is 0 Å². The second kappa shape index (κ2) is 5.84. The summed E-state index contributed by atoms with van der Waals surface area (Å²) in [6.07, 6.45) is 6.47. The van der Waals surface area contributed by atoms with Crippen molar-refractivity contribution in [2.24, 2.45) is 11.8 Å². The molecule has 0 radical (unpaired) electrons. The van der Waals surface area contributed by atoms with Crippen LogP contribution in [0.25, 0.3) is 17.0 Å². The van der Waals surface area contributed by atoms with E-state index in [1.165, 1.54) is 0 Å². The third kappa shape index (κ3) is 2.37. The number of aromatic nitrogens is 1. The number of cyclic esters (lactones) is 1. The van der Waals surface area contributed by atoms with Gasteiger partial charge < -0.3 is 9.15 Å². The molecule has 1 aromatic carbocycles. The minimum atomic E-state index is -0.107. The molecule has 2 aliphatic rings. The standard InChI is InChI=1S/C22H19NO3/c1-13-20-17(21-15(10-11-25-21)12-18(20)22(24)26-13)9-8-16-7-6-14-4-2-3-5-19(14)23-16/h2-11,13,17-18,20H,12H2,1H3/b9-8+/t13-,17?,18-,20+/m0/s1. The third-order valence-corrected chi connectivity index (χ3v) is 5.64. The highest BCUT2D eigenvalue weighted by Gasteiger charge is 2.50. The maximum atomic E-state index is 12.2. The molecular weight excluding hydrogens is 326 g/mol. The Balaban J connectivity index is 1.53. The van der Waals surface area contributed by atoms with E-state index in [9.17, 15) is 4.79 Å². The van der Waals surface area contributed by atoms with Crippen molar-refractivity contribution in [1.82, 2.24) is 4.98 Å². The molecule has 0 saturated carbocycles. The smallest absolute Gasteiger partial charge is 0.310 e. The fraction of sp³-hybridized carbons (Fsp3) is 0.273. The highest BCUT2D eigenvalue weighted by Crippen LogP contribution is 2.47. The van der Waals surface area contributed by atoms with E-state index in [0.29, 0.717) is 6.42 Å². The Labute approximate surface area is 151 Å². The van der Waals surface area contributed by atoms with Crippen molar-refractivity contribution in [2.75, 3.05) is 0 Å². The predicted molar refractivity (Wildman–Crippen MR) is 98.5 cm³/mol. The number of esters is 1. The van der Waals surface area contributed by atoms with Crippen LogP contribution in [0.3, 0.4) is 0 Å². The molecule has 130 valence electrons. The number of hydrogen-bond acceptors (Lipinski definition) is 4. The Bertz CT molecular complexity index is 1020. The summed E-state index contributed by atoms with van der Waals surface area (Å²) in [7, 11) is 0. The monoisotopic (exact) mass is 345 g/mol. The first-order valence-electron chi connectivity index (χ1n) is 9.01. The number of benzene rings is 1. The number of para-hydroxylation sites is 1. The molecule has 4 nitrogen and oxygen atoms in total. The van der Waals surface area contributed by atoms with Crippen LogP contribution < -0.4 is 0 Å². The number of allylic oxidation sites excluding steroid dienone is 1. The predicted octanol–water partition coefficient (Wildman–Crippen LogP) is 4.36. The zero-order valence-electron chi connectivity index (χ0n) is 14.5. The SMILES string of the molecule is C[C@@H]1OC(=O)[C@H]2Cc3ccoc3C(/C=C/c3ccc4ccccc4n3)[C@@H]12. The summed E-state index contributed by atoms with van der Waals surface area (Å²) in [5.41, 5.74) is 2.98. The van der Waals surface area contributed by atoms with E-state index in [1.807, 2.05) is 43.3 Å². The Morgan fingerprint density at radius 2 is 2.04 bits per heavy atom. The molecule has 0 amide bonds. The number of carbonyl (C=O) groups excluding carboxylic acids is 1. The van der Waals surface area contributed by atoms with Gasteiger partial charge in [-0.1, -0.05) is 30.3 Å². The number of carbonyl (C=O) groups is 1. The fourth-order valence-corrected chi connectivity index (χ4v) is 4.41. The first kappa shape index (κ1) is 15.4. The van der Waals surface area contributed by atoms with Crippen molar-refractivity contribution >= 4 is 22.9 Å². The number of pyridine rings is 1. The van der Waals surface area contributed by atoms with Gasteiger partial charge in [0.25, 0.3) is 0 Å². The largest absolute Gasteiger partial charge is 0.468 e. The molecule has 1 aliphatic heterocycles. The van der Waals surface area contributed by atoms with Crippen molar-refractivity contribution in [3.63, 3.8) is 0 Å². The van der Waals surface area contributed by atoms with E-state index >= 15 is 0 Å². The quantitative estimate of drug-likeness (QED) is 0.648. The molecule has 2 aromatic heterocycles. The second-order valence-corrected chi connectivity index (χ2v) is 7.15. The summed E-state index contributed by atoms with van der Waals surface area (Å²) in [5.74, 6) is 0.908. The van der Waals surface area contributed by atoms with Crippen LogP contribution >= 0.6 is 0 Å². The number of hydrogen-bond donors (Lipinski definition) is 0. The zero-order chi connectivity index (χ0) is 17.7. The molecule has 1 saturated heterocycles. The van der Waals surface area contributed by atoms with E-state index in [4.69, 9.17) is 14.1 Å². The maximum absolute atomic E-state index is 12.2. The van der Waals surface area contributed by atoms with Crippen LogP contribution in [-0.2, 0) is 16.0 Å². The summed E-state index contributed by atoms with van der Waals surface area (Å²) in [4.78, 5) is 16.9. The minimum absolute atomic E-state index is 0.0217. The molecule has 4 heteroatoms. The molecule has 0 bridgehead atoms. The Kier molecular flexibility index (Phi) is 3.45. The van der Waals surface area contributed by atoms with E-state index in [0.717, 1.165) is 27.9 Å². The van der Waals surface area contributed by atoms with Crippen LogP contribution in [0, 0.1) is 11.8 Å². The molecule has 1 fully saturated rings. The van der Waals surface area contributed by atoms with Gasteiger partial charge in [-0.15, -0.1) is 0 Å². The molecule has 1 aliphatic carbocycles. The first-order valence-corrected chi connectivity index (χ1v) is 9.01. The molecule has 5 rings (SSSR count). The zero-order valence-corrected chi connectivity index (χ0v) is 14.5. The van der Waals surface area contributed by atoms with Gasteiger partial charge in [-0.2, -0.15) is 0 Å². The summed E-state index contributed by atoms with van der Waals surface area (Å²) < 4.78 is 11.3. The van der Waals surface area contributed by atoms with E-state index < -0.39 is 0 Å². The van der Waals surface area contributed by atoms with Gasteiger partial charge in [0.05, 0.1) is 23.4 Å². The molecule has 26 heavy (non-hydrogen) atoms. The lowest BCUT2D eigenvalue weighted by Gasteiger charge is -2.29.